The quantitative estimate of drug-likeness (QED) is 0.568. The molecule has 0 saturated heterocycles. The Labute approximate surface area is 160 Å². The molecular formula is C22H24N2O3. The topological polar surface area (TPSA) is 71.4 Å². The van der Waals surface area contributed by atoms with Crippen LogP contribution in [0.5, 0.6) is 11.5 Å². The second-order valence-corrected chi connectivity index (χ2v) is 6.20. The minimum absolute atomic E-state index is 0.00342. The van der Waals surface area contributed by atoms with E-state index in [0.717, 1.165) is 6.42 Å². The molecule has 0 radical (unpaired) electrons. The molecule has 0 aliphatic heterocycles. The fourth-order valence-corrected chi connectivity index (χ4v) is 2.56. The van der Waals surface area contributed by atoms with Crippen LogP contribution in [0.25, 0.3) is 6.08 Å². The molecule has 2 rings (SSSR count). The van der Waals surface area contributed by atoms with Crippen LogP contribution in [0.3, 0.4) is 0 Å². The van der Waals surface area contributed by atoms with Crippen LogP contribution in [0.1, 0.15) is 37.3 Å². The number of nitrogens with zero attached hydrogens (tertiary/aromatic N) is 1. The van der Waals surface area contributed by atoms with Gasteiger partial charge in [-0.2, -0.15) is 5.26 Å². The average molecular weight is 364 g/mol. The van der Waals surface area contributed by atoms with Crippen molar-refractivity contribution >= 4 is 17.7 Å². The van der Waals surface area contributed by atoms with E-state index in [1.54, 1.807) is 32.4 Å². The van der Waals surface area contributed by atoms with Crippen molar-refractivity contribution in [3.05, 3.63) is 59.2 Å². The first-order chi connectivity index (χ1) is 13.0. The fraction of sp³-hybridized carbons (Fsp3) is 0.273. The highest BCUT2D eigenvalue weighted by molar-refractivity contribution is 6.09. The molecule has 27 heavy (non-hydrogen) atoms. The zero-order valence-corrected chi connectivity index (χ0v) is 16.1. The lowest BCUT2D eigenvalue weighted by Gasteiger charge is -2.10. The van der Waals surface area contributed by atoms with Gasteiger partial charge in [0.1, 0.15) is 23.1 Å². The van der Waals surface area contributed by atoms with Gasteiger partial charge in [0.15, 0.2) is 0 Å². The molecule has 1 N–H and O–H groups in total. The van der Waals surface area contributed by atoms with Crippen molar-refractivity contribution in [1.82, 2.24) is 0 Å². The second-order valence-electron chi connectivity index (χ2n) is 6.20. The molecule has 0 aliphatic rings. The van der Waals surface area contributed by atoms with E-state index in [2.05, 4.69) is 19.2 Å². The maximum absolute atomic E-state index is 12.5. The van der Waals surface area contributed by atoms with E-state index in [9.17, 15) is 10.1 Å². The van der Waals surface area contributed by atoms with Gasteiger partial charge in [-0.3, -0.25) is 4.79 Å². The molecule has 0 aliphatic carbocycles. The van der Waals surface area contributed by atoms with E-state index in [-0.39, 0.29) is 5.57 Å². The number of hydrogen-bond acceptors (Lipinski definition) is 4. The molecule has 0 spiro atoms. The summed E-state index contributed by atoms with van der Waals surface area (Å²) in [6.07, 6.45) is 2.56. The number of carbonyl (C=O) groups excluding carboxylic acids is 1. The first-order valence-electron chi connectivity index (χ1n) is 8.76. The lowest BCUT2D eigenvalue weighted by atomic mass is 9.98. The van der Waals surface area contributed by atoms with Crippen LogP contribution in [-0.4, -0.2) is 20.1 Å². The van der Waals surface area contributed by atoms with Gasteiger partial charge in [-0.25, -0.2) is 0 Å². The van der Waals surface area contributed by atoms with Crippen molar-refractivity contribution in [3.63, 3.8) is 0 Å². The van der Waals surface area contributed by atoms with E-state index in [1.165, 1.54) is 11.6 Å². The summed E-state index contributed by atoms with van der Waals surface area (Å²) in [6, 6.07) is 14.8. The van der Waals surface area contributed by atoms with E-state index in [1.807, 2.05) is 30.3 Å². The smallest absolute Gasteiger partial charge is 0.266 e. The zero-order valence-electron chi connectivity index (χ0n) is 16.1. The molecule has 1 atom stereocenters. The number of methoxy groups -OCH3 is 2. The molecule has 5 heteroatoms. The van der Waals surface area contributed by atoms with Crippen LogP contribution in [-0.2, 0) is 4.79 Å². The molecule has 1 amide bonds. The van der Waals surface area contributed by atoms with Gasteiger partial charge < -0.3 is 14.8 Å². The van der Waals surface area contributed by atoms with Gasteiger partial charge in [0.2, 0.25) is 0 Å². The summed E-state index contributed by atoms with van der Waals surface area (Å²) in [7, 11) is 3.09. The predicted octanol–water partition coefficient (Wildman–Crippen LogP) is 4.76. The van der Waals surface area contributed by atoms with E-state index in [4.69, 9.17) is 9.47 Å². The Morgan fingerprint density at radius 2 is 1.74 bits per heavy atom. The van der Waals surface area contributed by atoms with Crippen LogP contribution in [0.15, 0.2) is 48.0 Å². The molecule has 140 valence electrons. The number of carbonyl (C=O) groups is 1. The third-order valence-corrected chi connectivity index (χ3v) is 4.40. The summed E-state index contributed by atoms with van der Waals surface area (Å²) in [5.41, 5.74) is 2.51. The molecule has 0 aromatic heterocycles. The summed E-state index contributed by atoms with van der Waals surface area (Å²) in [5.74, 6) is 1.17. The minimum Gasteiger partial charge on any atom is -0.497 e. The van der Waals surface area contributed by atoms with Crippen LogP contribution < -0.4 is 14.8 Å². The third-order valence-electron chi connectivity index (χ3n) is 4.40. The summed E-state index contributed by atoms with van der Waals surface area (Å²) >= 11 is 0. The number of amides is 1. The van der Waals surface area contributed by atoms with Gasteiger partial charge in [-0.1, -0.05) is 26.0 Å². The average Bonchev–Trinajstić information content (AvgIpc) is 2.71. The van der Waals surface area contributed by atoms with Gasteiger partial charge in [0.25, 0.3) is 5.91 Å². The Hall–Kier alpha value is -3.26. The number of ether oxygens (including phenoxy) is 2. The molecule has 0 fully saturated rings. The zero-order chi connectivity index (χ0) is 19.8. The van der Waals surface area contributed by atoms with Crippen LogP contribution in [0.2, 0.25) is 0 Å². The predicted molar refractivity (Wildman–Crippen MR) is 107 cm³/mol. The number of hydrogen-bond donors (Lipinski definition) is 1. The van der Waals surface area contributed by atoms with Gasteiger partial charge in [-0.15, -0.1) is 0 Å². The van der Waals surface area contributed by atoms with Crippen molar-refractivity contribution < 1.29 is 14.3 Å². The lowest BCUT2D eigenvalue weighted by molar-refractivity contribution is -0.112. The first kappa shape index (κ1) is 20.1. The normalized spacial score (nSPS) is 12.0. The van der Waals surface area contributed by atoms with Gasteiger partial charge in [0, 0.05) is 11.8 Å². The summed E-state index contributed by atoms with van der Waals surface area (Å²) < 4.78 is 10.4. The van der Waals surface area contributed by atoms with E-state index in [0.29, 0.717) is 28.7 Å². The SMILES string of the molecule is CC[C@@H](C)c1ccc(NC(=O)/C(C#N)=C/c2cc(OC)cc(OC)c2)cc1. The number of anilines is 1. The van der Waals surface area contributed by atoms with Crippen LogP contribution in [0, 0.1) is 11.3 Å². The van der Waals surface area contributed by atoms with Crippen LogP contribution >= 0.6 is 0 Å². The Bertz CT molecular complexity index is 842. The van der Waals surface area contributed by atoms with Crippen molar-refractivity contribution in [1.29, 1.82) is 5.26 Å². The van der Waals surface area contributed by atoms with Crippen molar-refractivity contribution in [3.8, 4) is 17.6 Å². The Morgan fingerprint density at radius 1 is 1.15 bits per heavy atom. The molecule has 5 nitrogen and oxygen atoms in total. The van der Waals surface area contributed by atoms with Crippen molar-refractivity contribution in [2.24, 2.45) is 0 Å². The van der Waals surface area contributed by atoms with E-state index >= 15 is 0 Å². The molecule has 0 saturated carbocycles. The highest BCUT2D eigenvalue weighted by atomic mass is 16.5. The molecule has 2 aromatic carbocycles. The molecule has 0 bridgehead atoms. The Kier molecular flexibility index (Phi) is 7.01. The first-order valence-corrected chi connectivity index (χ1v) is 8.76. The van der Waals surface area contributed by atoms with Gasteiger partial charge in [0.05, 0.1) is 14.2 Å². The molecule has 2 aromatic rings. The molecule has 0 heterocycles. The third kappa shape index (κ3) is 5.35. The highest BCUT2D eigenvalue weighted by Crippen LogP contribution is 2.24. The number of nitrogens with one attached hydrogen (secondary N) is 1. The van der Waals surface area contributed by atoms with Gasteiger partial charge in [-0.05, 0) is 53.8 Å². The maximum Gasteiger partial charge on any atom is 0.266 e. The number of rotatable bonds is 7. The standard InChI is InChI=1S/C22H24N2O3/c1-5-15(2)17-6-8-19(9-7-17)24-22(25)18(14-23)10-16-11-20(26-3)13-21(12-16)27-4/h6-13,15H,5H2,1-4H3,(H,24,25)/b18-10+/t15-/m1/s1. The van der Waals surface area contributed by atoms with E-state index < -0.39 is 5.91 Å². The summed E-state index contributed by atoms with van der Waals surface area (Å²) in [5, 5.41) is 12.2. The molecule has 0 unspecified atom stereocenters. The Morgan fingerprint density at radius 3 is 2.22 bits per heavy atom. The van der Waals surface area contributed by atoms with Crippen molar-refractivity contribution in [2.75, 3.05) is 19.5 Å². The highest BCUT2D eigenvalue weighted by Gasteiger charge is 2.11. The second kappa shape index (κ2) is 9.44. The minimum atomic E-state index is -0.462. The maximum atomic E-state index is 12.5. The fourth-order valence-electron chi connectivity index (χ4n) is 2.56. The largest absolute Gasteiger partial charge is 0.497 e. The summed E-state index contributed by atoms with van der Waals surface area (Å²) in [4.78, 5) is 12.5. The summed E-state index contributed by atoms with van der Waals surface area (Å²) in [6.45, 7) is 4.30. The number of benzene rings is 2. The number of nitriles is 1. The van der Waals surface area contributed by atoms with Crippen LogP contribution in [0.4, 0.5) is 5.69 Å². The van der Waals surface area contributed by atoms with Gasteiger partial charge >= 0.3 is 0 Å². The monoisotopic (exact) mass is 364 g/mol. The van der Waals surface area contributed by atoms with Crippen molar-refractivity contribution in [2.45, 2.75) is 26.2 Å². The molecular weight excluding hydrogens is 340 g/mol. The Balaban J connectivity index is 2.21. The lowest BCUT2D eigenvalue weighted by Crippen LogP contribution is -2.13.